The number of phenolic OH excluding ortho intramolecular Hbond substituents is 1. The third-order valence-electron chi connectivity index (χ3n) is 8.22. The Kier molecular flexibility index (Phi) is 5.92. The number of epoxide rings is 1. The molecule has 1 aromatic carbocycles. The first-order valence-corrected chi connectivity index (χ1v) is 12.5. The van der Waals surface area contributed by atoms with Gasteiger partial charge in [-0.1, -0.05) is 13.0 Å². The number of primary amides is 1. The number of rotatable bonds is 7. The van der Waals surface area contributed by atoms with Crippen molar-refractivity contribution < 1.29 is 39.6 Å². The van der Waals surface area contributed by atoms with E-state index in [1.165, 1.54) is 6.07 Å². The average Bonchev–Trinajstić information content (AvgIpc) is 3.45. The number of ketones is 1. The summed E-state index contributed by atoms with van der Waals surface area (Å²) >= 11 is 0. The molecule has 1 saturated carbocycles. The molecule has 1 spiro atoms. The molecule has 6 N–H and O–H groups in total. The lowest BCUT2D eigenvalue weighted by atomic mass is 9.58. The third kappa shape index (κ3) is 3.31. The number of nitrogens with zero attached hydrogens (tertiary/aromatic N) is 2. The van der Waals surface area contributed by atoms with Crippen LogP contribution in [-0.2, 0) is 32.1 Å². The van der Waals surface area contributed by atoms with Gasteiger partial charge in [0.25, 0.3) is 5.91 Å². The van der Waals surface area contributed by atoms with Crippen LogP contribution in [0.4, 0.5) is 0 Å². The van der Waals surface area contributed by atoms with Crippen molar-refractivity contribution in [3.63, 3.8) is 0 Å². The number of hydrogen-bond donors (Lipinski definition) is 5. The molecule has 4 aliphatic rings. The Morgan fingerprint density at radius 3 is 2.54 bits per heavy atom. The van der Waals surface area contributed by atoms with Crippen molar-refractivity contribution in [2.75, 3.05) is 27.2 Å². The zero-order chi connectivity index (χ0) is 27.0. The van der Waals surface area contributed by atoms with E-state index in [1.54, 1.807) is 30.1 Å². The van der Waals surface area contributed by atoms with Crippen molar-refractivity contribution in [3.8, 4) is 5.75 Å². The fourth-order valence-electron chi connectivity index (χ4n) is 6.69. The first-order chi connectivity index (χ1) is 17.4. The molecule has 5 rings (SSSR count). The Morgan fingerprint density at radius 2 is 1.95 bits per heavy atom. The maximum atomic E-state index is 14.0. The highest BCUT2D eigenvalue weighted by atomic mass is 16.8. The summed E-state index contributed by atoms with van der Waals surface area (Å²) in [5.41, 5.74) is 4.80. The molecule has 0 bridgehead atoms. The van der Waals surface area contributed by atoms with Crippen LogP contribution >= 0.6 is 0 Å². The largest absolute Gasteiger partial charge is 0.510 e. The van der Waals surface area contributed by atoms with Gasteiger partial charge in [-0.15, -0.1) is 0 Å². The third-order valence-corrected chi connectivity index (χ3v) is 8.22. The molecule has 0 aromatic heterocycles. The quantitative estimate of drug-likeness (QED) is 0.260. The van der Waals surface area contributed by atoms with Crippen LogP contribution in [0.5, 0.6) is 5.75 Å². The molecule has 5 atom stereocenters. The van der Waals surface area contributed by atoms with Crippen molar-refractivity contribution in [3.05, 3.63) is 45.7 Å². The highest BCUT2D eigenvalue weighted by Crippen LogP contribution is 2.67. The molecule has 1 aromatic rings. The van der Waals surface area contributed by atoms with Gasteiger partial charge in [0, 0.05) is 24.6 Å². The number of likely N-dealkylation sites (N-methyl/N-ethyl adjacent to an activating group) is 1. The number of aliphatic hydroxyl groups excluding tert-OH is 2. The number of fused-ring (bicyclic) bond motifs is 2. The van der Waals surface area contributed by atoms with E-state index in [1.807, 2.05) is 13.8 Å². The van der Waals surface area contributed by atoms with Gasteiger partial charge >= 0.3 is 0 Å². The fraction of sp³-hybridized carbons (Fsp3) is 0.538. The number of hydrogen-bond acceptors (Lipinski definition) is 10. The SMILES string of the molecule is CCON(CC)Cc1ccc(O)c2c1C[C@H]1C[C@H]3[C@H](N(C)C)C(O)=C(C(N)=O)C4(O)O[C@]34C(=O)C1=C2O. The minimum atomic E-state index is -2.39. The maximum absolute atomic E-state index is 14.0. The number of benzene rings is 1. The van der Waals surface area contributed by atoms with Crippen LogP contribution in [0, 0.1) is 11.8 Å². The second kappa shape index (κ2) is 8.53. The molecule has 3 aliphatic carbocycles. The molecular weight excluding hydrogens is 482 g/mol. The number of carbonyl (C=O) groups excluding carboxylic acids is 2. The molecule has 11 nitrogen and oxygen atoms in total. The summed E-state index contributed by atoms with van der Waals surface area (Å²) in [6.45, 7) is 5.37. The van der Waals surface area contributed by atoms with Gasteiger partial charge in [0.05, 0.1) is 18.2 Å². The Bertz CT molecular complexity index is 1260. The fourth-order valence-corrected chi connectivity index (χ4v) is 6.69. The summed E-state index contributed by atoms with van der Waals surface area (Å²) in [6, 6.07) is 2.43. The van der Waals surface area contributed by atoms with Crippen LogP contribution in [0.1, 0.15) is 37.0 Å². The van der Waals surface area contributed by atoms with Crippen LogP contribution in [0.2, 0.25) is 0 Å². The lowest BCUT2D eigenvalue weighted by molar-refractivity contribution is -0.158. The molecule has 2 fully saturated rings. The summed E-state index contributed by atoms with van der Waals surface area (Å²) in [5.74, 6) is -6.33. The van der Waals surface area contributed by atoms with E-state index in [2.05, 4.69) is 0 Å². The van der Waals surface area contributed by atoms with Gasteiger partial charge in [0.1, 0.15) is 22.8 Å². The zero-order valence-electron chi connectivity index (χ0n) is 21.3. The lowest BCUT2D eigenvalue weighted by Gasteiger charge is -2.46. The number of hydroxylamine groups is 2. The normalized spacial score (nSPS) is 32.3. The minimum absolute atomic E-state index is 0.0343. The number of carbonyl (C=O) groups is 2. The monoisotopic (exact) mass is 515 g/mol. The van der Waals surface area contributed by atoms with Crippen molar-refractivity contribution in [1.82, 2.24) is 9.96 Å². The molecule has 1 amide bonds. The summed E-state index contributed by atoms with van der Waals surface area (Å²) in [4.78, 5) is 33.6. The molecule has 200 valence electrons. The van der Waals surface area contributed by atoms with Crippen LogP contribution in [0.3, 0.4) is 0 Å². The van der Waals surface area contributed by atoms with Gasteiger partial charge in [0.15, 0.2) is 5.60 Å². The molecule has 1 unspecified atom stereocenters. The van der Waals surface area contributed by atoms with Crippen molar-refractivity contribution in [2.45, 2.75) is 50.7 Å². The van der Waals surface area contributed by atoms with E-state index in [9.17, 15) is 30.0 Å². The molecular formula is C26H33N3O8. The first kappa shape index (κ1) is 25.7. The number of aliphatic hydroxyl groups is 3. The predicted molar refractivity (Wildman–Crippen MR) is 131 cm³/mol. The number of ether oxygens (including phenoxy) is 1. The Labute approximate surface area is 214 Å². The molecule has 1 aliphatic heterocycles. The molecule has 11 heteroatoms. The van der Waals surface area contributed by atoms with E-state index in [4.69, 9.17) is 15.3 Å². The predicted octanol–water partition coefficient (Wildman–Crippen LogP) is 0.895. The number of amides is 1. The second-order valence-electron chi connectivity index (χ2n) is 10.3. The van der Waals surface area contributed by atoms with E-state index >= 15 is 0 Å². The van der Waals surface area contributed by atoms with Gasteiger partial charge < -0.3 is 30.9 Å². The van der Waals surface area contributed by atoms with Gasteiger partial charge in [0.2, 0.25) is 11.6 Å². The van der Waals surface area contributed by atoms with Crippen molar-refractivity contribution >= 4 is 17.4 Å². The van der Waals surface area contributed by atoms with E-state index in [-0.39, 0.29) is 29.1 Å². The topological polar surface area (TPSA) is 169 Å². The van der Waals surface area contributed by atoms with E-state index in [0.29, 0.717) is 31.7 Å². The number of Topliss-reactive ketones (excluding diaryl/α,β-unsaturated/α-hetero) is 1. The second-order valence-corrected chi connectivity index (χ2v) is 10.3. The smallest absolute Gasteiger partial charge is 0.253 e. The summed E-state index contributed by atoms with van der Waals surface area (Å²) in [6.07, 6.45) is 0.607. The van der Waals surface area contributed by atoms with Crippen LogP contribution in [0.25, 0.3) is 5.76 Å². The summed E-state index contributed by atoms with van der Waals surface area (Å²) in [7, 11) is 3.37. The molecule has 37 heavy (non-hydrogen) atoms. The maximum Gasteiger partial charge on any atom is 0.253 e. The Morgan fingerprint density at radius 1 is 1.24 bits per heavy atom. The van der Waals surface area contributed by atoms with E-state index < -0.39 is 52.3 Å². The molecule has 1 saturated heterocycles. The van der Waals surface area contributed by atoms with E-state index in [0.717, 1.165) is 5.56 Å². The minimum Gasteiger partial charge on any atom is -0.510 e. The lowest BCUT2D eigenvalue weighted by Crippen LogP contribution is -2.60. The van der Waals surface area contributed by atoms with Crippen LogP contribution in [0.15, 0.2) is 29.0 Å². The highest BCUT2D eigenvalue weighted by Gasteiger charge is 2.85. The summed E-state index contributed by atoms with van der Waals surface area (Å²) < 4.78 is 5.66. The van der Waals surface area contributed by atoms with Crippen LogP contribution < -0.4 is 5.73 Å². The van der Waals surface area contributed by atoms with Crippen molar-refractivity contribution in [1.29, 1.82) is 0 Å². The number of aromatic hydroxyl groups is 1. The van der Waals surface area contributed by atoms with Gasteiger partial charge in [-0.05, 0) is 57.0 Å². The van der Waals surface area contributed by atoms with Gasteiger partial charge in [-0.3, -0.25) is 19.3 Å². The molecule has 1 heterocycles. The summed E-state index contributed by atoms with van der Waals surface area (Å²) in [5, 5.41) is 46.2. The zero-order valence-corrected chi connectivity index (χ0v) is 21.3. The van der Waals surface area contributed by atoms with Crippen LogP contribution in [-0.4, -0.2) is 86.8 Å². The van der Waals surface area contributed by atoms with Gasteiger partial charge in [-0.2, -0.15) is 5.06 Å². The standard InChI is InChI=1S/C26H33N3O8/c1-5-29(36-6-2)11-12-7-8-16(30)18-14(12)9-13-10-15-20(28(3)4)22(32)19(24(27)34)26(35)25(15,37-26)23(33)17(13)21(18)31/h7-8,13,15,20,30-32,35H,5-6,9-11H2,1-4H3,(H2,27,34)/t13-,15-,20-,25-,26?/m0/s1. The number of nitrogens with two attached hydrogens (primary N) is 1. The van der Waals surface area contributed by atoms with Crippen molar-refractivity contribution in [2.24, 2.45) is 17.6 Å². The Hall–Kier alpha value is -2.96. The number of phenols is 1. The van der Waals surface area contributed by atoms with Gasteiger partial charge in [-0.25, -0.2) is 0 Å². The molecule has 0 radical (unpaired) electrons. The highest BCUT2D eigenvalue weighted by molar-refractivity contribution is 6.14. The first-order valence-electron chi connectivity index (χ1n) is 12.5. The average molecular weight is 516 g/mol. The Balaban J connectivity index is 1.64.